The number of para-hydroxylation sites is 1. The highest BCUT2D eigenvalue weighted by Gasteiger charge is 2.46. The van der Waals surface area contributed by atoms with Crippen LogP contribution in [0.1, 0.15) is 0 Å². The second kappa shape index (κ2) is 5.31. The molecule has 0 aliphatic carbocycles. The Morgan fingerprint density at radius 1 is 1.10 bits per heavy atom. The van der Waals surface area contributed by atoms with Gasteiger partial charge in [0.15, 0.2) is 5.92 Å². The molecule has 1 aromatic rings. The Bertz CT molecular complexity index is 622. The molecule has 0 radical (unpaired) electrons. The van der Waals surface area contributed by atoms with Crippen LogP contribution >= 0.6 is 0 Å². The Kier molecular flexibility index (Phi) is 3.70. The van der Waals surface area contributed by atoms with Crippen LogP contribution in [0.3, 0.4) is 0 Å². The molecule has 0 aromatic heterocycles. The van der Waals surface area contributed by atoms with Gasteiger partial charge in [0.25, 0.3) is 11.8 Å². The molecule has 1 aliphatic heterocycles. The van der Waals surface area contributed by atoms with Crippen molar-refractivity contribution >= 4 is 29.4 Å². The van der Waals surface area contributed by atoms with Crippen LogP contribution in [0, 0.1) is 11.7 Å². The highest BCUT2D eigenvalue weighted by Crippen LogP contribution is 2.19. The molecule has 110 valence electrons. The number of carbonyl (C=O) groups excluding carboxylic acids is 4. The van der Waals surface area contributed by atoms with E-state index in [1.807, 2.05) is 0 Å². The van der Waals surface area contributed by atoms with Crippen molar-refractivity contribution in [2.45, 2.75) is 0 Å². The Morgan fingerprint density at radius 3 is 2.14 bits per heavy atom. The molecule has 21 heavy (non-hydrogen) atoms. The molecule has 1 heterocycles. The summed E-state index contributed by atoms with van der Waals surface area (Å²) in [6.45, 7) is 0. The maximum absolute atomic E-state index is 13.5. The van der Waals surface area contributed by atoms with Gasteiger partial charge in [0, 0.05) is 14.1 Å². The summed E-state index contributed by atoms with van der Waals surface area (Å²) in [5.74, 6) is -5.29. The number of amides is 5. The van der Waals surface area contributed by atoms with Gasteiger partial charge >= 0.3 is 6.03 Å². The maximum atomic E-state index is 13.5. The van der Waals surface area contributed by atoms with Crippen molar-refractivity contribution in [2.24, 2.45) is 5.92 Å². The van der Waals surface area contributed by atoms with Crippen molar-refractivity contribution < 1.29 is 23.6 Å². The topological polar surface area (TPSA) is 86.8 Å². The lowest BCUT2D eigenvalue weighted by molar-refractivity contribution is -0.151. The minimum Gasteiger partial charge on any atom is -0.322 e. The van der Waals surface area contributed by atoms with Gasteiger partial charge in [-0.05, 0) is 12.1 Å². The molecule has 0 spiro atoms. The quantitative estimate of drug-likeness (QED) is 0.801. The van der Waals surface area contributed by atoms with E-state index in [1.165, 1.54) is 18.2 Å². The van der Waals surface area contributed by atoms with Gasteiger partial charge in [-0.1, -0.05) is 12.1 Å². The van der Waals surface area contributed by atoms with Gasteiger partial charge in [0.2, 0.25) is 5.91 Å². The molecule has 0 bridgehead atoms. The number of rotatable bonds is 2. The standard InChI is InChI=1S/C13H12FN3O4/c1-16-11(19)9(12(20)17(2)13(16)21)10(18)15-8-6-4-3-5-7(8)14/h3-6,9H,1-2H3,(H,15,18). The summed E-state index contributed by atoms with van der Waals surface area (Å²) in [5.41, 5.74) is -0.148. The molecule has 0 saturated carbocycles. The maximum Gasteiger partial charge on any atom is 0.332 e. The summed E-state index contributed by atoms with van der Waals surface area (Å²) in [4.78, 5) is 48.8. The predicted octanol–water partition coefficient (Wildman–Crippen LogP) is 0.431. The van der Waals surface area contributed by atoms with E-state index in [9.17, 15) is 23.6 Å². The molecule has 5 amide bonds. The van der Waals surface area contributed by atoms with E-state index in [2.05, 4.69) is 5.32 Å². The van der Waals surface area contributed by atoms with Crippen LogP contribution in [-0.2, 0) is 14.4 Å². The summed E-state index contributed by atoms with van der Waals surface area (Å²) in [7, 11) is 2.33. The third-order valence-electron chi connectivity index (χ3n) is 3.12. The predicted molar refractivity (Wildman–Crippen MR) is 69.5 cm³/mol. The van der Waals surface area contributed by atoms with Gasteiger partial charge < -0.3 is 5.32 Å². The number of halogens is 1. The normalized spacial score (nSPS) is 16.4. The van der Waals surface area contributed by atoms with Crippen molar-refractivity contribution in [3.63, 3.8) is 0 Å². The fraction of sp³-hybridized carbons (Fsp3) is 0.231. The fourth-order valence-corrected chi connectivity index (χ4v) is 1.90. The molecule has 8 heteroatoms. The first-order chi connectivity index (χ1) is 9.84. The van der Waals surface area contributed by atoms with Crippen LogP contribution in [0.4, 0.5) is 14.9 Å². The van der Waals surface area contributed by atoms with Crippen LogP contribution in [-0.4, -0.2) is 47.6 Å². The number of urea groups is 1. The SMILES string of the molecule is CN1C(=O)C(C(=O)Nc2ccccc2F)C(=O)N(C)C1=O. The van der Waals surface area contributed by atoms with E-state index < -0.39 is 35.5 Å². The summed E-state index contributed by atoms with van der Waals surface area (Å²) >= 11 is 0. The number of barbiturate groups is 1. The zero-order valence-corrected chi connectivity index (χ0v) is 11.3. The van der Waals surface area contributed by atoms with Crippen molar-refractivity contribution in [2.75, 3.05) is 19.4 Å². The highest BCUT2D eigenvalue weighted by atomic mass is 19.1. The Labute approximate surface area is 119 Å². The third-order valence-corrected chi connectivity index (χ3v) is 3.12. The zero-order valence-electron chi connectivity index (χ0n) is 11.3. The molecule has 7 nitrogen and oxygen atoms in total. The molecule has 1 N–H and O–H groups in total. The van der Waals surface area contributed by atoms with Gasteiger partial charge in [-0.25, -0.2) is 9.18 Å². The van der Waals surface area contributed by atoms with Crippen molar-refractivity contribution in [1.82, 2.24) is 9.80 Å². The lowest BCUT2D eigenvalue weighted by Crippen LogP contribution is -2.59. The number of carbonyl (C=O) groups is 4. The molecule has 1 fully saturated rings. The molecule has 0 unspecified atom stereocenters. The van der Waals surface area contributed by atoms with E-state index in [1.54, 1.807) is 0 Å². The summed E-state index contributed by atoms with van der Waals surface area (Å²) in [6.07, 6.45) is 0. The molecule has 0 atom stereocenters. The largest absolute Gasteiger partial charge is 0.332 e. The fourth-order valence-electron chi connectivity index (χ4n) is 1.90. The Morgan fingerprint density at radius 2 is 1.62 bits per heavy atom. The number of nitrogens with one attached hydrogen (secondary N) is 1. The van der Waals surface area contributed by atoms with Gasteiger partial charge in [-0.2, -0.15) is 0 Å². The van der Waals surface area contributed by atoms with Crippen molar-refractivity contribution in [3.05, 3.63) is 30.1 Å². The first kappa shape index (κ1) is 14.6. The lowest BCUT2D eigenvalue weighted by Gasteiger charge is -2.32. The number of nitrogens with zero attached hydrogens (tertiary/aromatic N) is 2. The van der Waals surface area contributed by atoms with Gasteiger partial charge in [-0.3, -0.25) is 24.2 Å². The van der Waals surface area contributed by atoms with E-state index in [0.717, 1.165) is 20.2 Å². The first-order valence-electron chi connectivity index (χ1n) is 5.99. The van der Waals surface area contributed by atoms with E-state index in [-0.39, 0.29) is 5.69 Å². The monoisotopic (exact) mass is 293 g/mol. The number of hydrogen-bond acceptors (Lipinski definition) is 4. The molecule has 2 rings (SSSR count). The second-order valence-electron chi connectivity index (χ2n) is 4.48. The van der Waals surface area contributed by atoms with Crippen molar-refractivity contribution in [3.8, 4) is 0 Å². The second-order valence-corrected chi connectivity index (χ2v) is 4.48. The van der Waals surface area contributed by atoms with Crippen LogP contribution in [0.15, 0.2) is 24.3 Å². The van der Waals surface area contributed by atoms with Crippen LogP contribution < -0.4 is 5.32 Å². The van der Waals surface area contributed by atoms with Crippen molar-refractivity contribution in [1.29, 1.82) is 0 Å². The average molecular weight is 293 g/mol. The van der Waals surface area contributed by atoms with E-state index in [0.29, 0.717) is 9.80 Å². The third kappa shape index (κ3) is 2.47. The minimum atomic E-state index is -1.71. The number of benzene rings is 1. The average Bonchev–Trinajstić information content (AvgIpc) is 2.46. The highest BCUT2D eigenvalue weighted by molar-refractivity contribution is 6.27. The summed E-state index contributed by atoms with van der Waals surface area (Å²) < 4.78 is 13.5. The first-order valence-corrected chi connectivity index (χ1v) is 5.99. The van der Waals surface area contributed by atoms with Crippen LogP contribution in [0.25, 0.3) is 0 Å². The minimum absolute atomic E-state index is 0.148. The number of imide groups is 2. The summed E-state index contributed by atoms with van der Waals surface area (Å²) in [6, 6.07) is 4.53. The van der Waals surface area contributed by atoms with Gasteiger partial charge in [0.1, 0.15) is 5.82 Å². The smallest absolute Gasteiger partial charge is 0.322 e. The number of hydrogen-bond donors (Lipinski definition) is 1. The molecular weight excluding hydrogens is 281 g/mol. The molecule has 1 aromatic carbocycles. The van der Waals surface area contributed by atoms with Crippen LogP contribution in [0.2, 0.25) is 0 Å². The Hall–Kier alpha value is -2.77. The molecule has 1 aliphatic rings. The van der Waals surface area contributed by atoms with Gasteiger partial charge in [0.05, 0.1) is 5.69 Å². The van der Waals surface area contributed by atoms with Crippen LogP contribution in [0.5, 0.6) is 0 Å². The van der Waals surface area contributed by atoms with E-state index >= 15 is 0 Å². The molecule has 1 saturated heterocycles. The van der Waals surface area contributed by atoms with E-state index in [4.69, 9.17) is 0 Å². The molecular formula is C13H12FN3O4. The Balaban J connectivity index is 2.26. The zero-order chi connectivity index (χ0) is 15.7. The lowest BCUT2D eigenvalue weighted by atomic mass is 10.0. The number of anilines is 1. The van der Waals surface area contributed by atoms with Gasteiger partial charge in [-0.15, -0.1) is 0 Å². The summed E-state index contributed by atoms with van der Waals surface area (Å²) in [5, 5.41) is 2.18.